The Morgan fingerprint density at radius 1 is 1.47 bits per heavy atom. The summed E-state index contributed by atoms with van der Waals surface area (Å²) in [6, 6.07) is 5.33. The maximum Gasteiger partial charge on any atom is 0.265 e. The Morgan fingerprint density at radius 2 is 2.21 bits per heavy atom. The third kappa shape index (κ3) is 2.41. The summed E-state index contributed by atoms with van der Waals surface area (Å²) in [6.45, 7) is 1.54. The number of nitriles is 1. The Labute approximate surface area is 108 Å². The summed E-state index contributed by atoms with van der Waals surface area (Å²) >= 11 is 0. The maximum absolute atomic E-state index is 13.4. The number of nitrogens with one attached hydrogen (secondary N) is 2. The molecule has 0 fully saturated rings. The Hall–Kier alpha value is -2.40. The normalized spacial score (nSPS) is 11.0. The molecule has 1 heterocycles. The van der Waals surface area contributed by atoms with E-state index in [0.29, 0.717) is 5.69 Å². The number of sulfonamides is 1. The largest absolute Gasteiger partial charge is 0.281 e. The Kier molecular flexibility index (Phi) is 3.23. The number of halogens is 1. The molecule has 1 aromatic carbocycles. The van der Waals surface area contributed by atoms with Gasteiger partial charge >= 0.3 is 0 Å². The van der Waals surface area contributed by atoms with Gasteiger partial charge in [0.15, 0.2) is 0 Å². The van der Waals surface area contributed by atoms with Gasteiger partial charge in [-0.05, 0) is 19.1 Å². The van der Waals surface area contributed by atoms with Gasteiger partial charge in [-0.3, -0.25) is 9.82 Å². The number of rotatable bonds is 3. The van der Waals surface area contributed by atoms with E-state index < -0.39 is 15.8 Å². The van der Waals surface area contributed by atoms with Crippen LogP contribution >= 0.6 is 0 Å². The van der Waals surface area contributed by atoms with Crippen LogP contribution in [0.4, 0.5) is 10.1 Å². The van der Waals surface area contributed by atoms with Crippen LogP contribution in [0.25, 0.3) is 0 Å². The molecule has 0 aliphatic carbocycles. The van der Waals surface area contributed by atoms with Gasteiger partial charge < -0.3 is 0 Å². The molecule has 19 heavy (non-hydrogen) atoms. The van der Waals surface area contributed by atoms with E-state index in [1.54, 1.807) is 13.0 Å². The molecule has 0 atom stereocenters. The minimum absolute atomic E-state index is 0.0550. The highest BCUT2D eigenvalue weighted by atomic mass is 32.2. The lowest BCUT2D eigenvalue weighted by Gasteiger charge is -2.08. The minimum atomic E-state index is -3.91. The zero-order valence-electron chi connectivity index (χ0n) is 9.81. The fourth-order valence-corrected chi connectivity index (χ4v) is 2.74. The molecule has 0 aliphatic heterocycles. The summed E-state index contributed by atoms with van der Waals surface area (Å²) in [5.41, 5.74) is -0.113. The number of anilines is 1. The average molecular weight is 280 g/mol. The van der Waals surface area contributed by atoms with Crippen LogP contribution in [0.2, 0.25) is 0 Å². The van der Waals surface area contributed by atoms with Gasteiger partial charge in [0.25, 0.3) is 10.0 Å². The van der Waals surface area contributed by atoms with E-state index in [0.717, 1.165) is 12.3 Å². The maximum atomic E-state index is 13.4. The minimum Gasteiger partial charge on any atom is -0.281 e. The molecule has 6 nitrogen and oxygen atoms in total. The summed E-state index contributed by atoms with van der Waals surface area (Å²) in [5, 5.41) is 14.9. The third-order valence-corrected chi connectivity index (χ3v) is 3.92. The van der Waals surface area contributed by atoms with Crippen molar-refractivity contribution in [3.05, 3.63) is 41.5 Å². The van der Waals surface area contributed by atoms with Gasteiger partial charge in [0, 0.05) is 0 Å². The molecule has 0 radical (unpaired) electrons. The summed E-state index contributed by atoms with van der Waals surface area (Å²) in [7, 11) is -3.91. The van der Waals surface area contributed by atoms with Crippen molar-refractivity contribution in [2.75, 3.05) is 4.72 Å². The van der Waals surface area contributed by atoms with E-state index in [1.807, 2.05) is 0 Å². The molecule has 0 spiro atoms. The SMILES string of the molecule is Cc1[nH]ncc1S(=O)(=O)Nc1cccc(F)c1C#N. The molecule has 2 rings (SSSR count). The summed E-state index contributed by atoms with van der Waals surface area (Å²) in [4.78, 5) is -0.0550. The van der Waals surface area contributed by atoms with Crippen LogP contribution in [-0.4, -0.2) is 18.6 Å². The molecule has 0 saturated heterocycles. The standard InChI is InChI=1S/C11H9FN4O2S/c1-7-11(6-14-15-7)19(17,18)16-10-4-2-3-9(12)8(10)5-13/h2-4,6,16H,1H3,(H,14,15). The number of benzene rings is 1. The number of aromatic nitrogens is 2. The Bertz CT molecular complexity index is 761. The molecular formula is C11H9FN4O2S. The van der Waals surface area contributed by atoms with Crippen LogP contribution in [0.3, 0.4) is 0 Å². The highest BCUT2D eigenvalue weighted by Gasteiger charge is 2.20. The highest BCUT2D eigenvalue weighted by Crippen LogP contribution is 2.22. The number of hydrogen-bond acceptors (Lipinski definition) is 4. The lowest BCUT2D eigenvalue weighted by molar-refractivity contribution is 0.600. The molecule has 0 amide bonds. The lowest BCUT2D eigenvalue weighted by Crippen LogP contribution is -2.14. The van der Waals surface area contributed by atoms with Gasteiger partial charge in [0.2, 0.25) is 0 Å². The van der Waals surface area contributed by atoms with Crippen molar-refractivity contribution in [1.29, 1.82) is 5.26 Å². The molecule has 8 heteroatoms. The van der Waals surface area contributed by atoms with Crippen LogP contribution in [0.1, 0.15) is 11.3 Å². The highest BCUT2D eigenvalue weighted by molar-refractivity contribution is 7.92. The van der Waals surface area contributed by atoms with Gasteiger partial charge in [0.05, 0.1) is 17.6 Å². The topological polar surface area (TPSA) is 98.6 Å². The molecule has 2 aromatic rings. The van der Waals surface area contributed by atoms with Gasteiger partial charge in [-0.2, -0.15) is 10.4 Å². The molecule has 0 unspecified atom stereocenters. The predicted octanol–water partition coefficient (Wildman–Crippen LogP) is 1.53. The Morgan fingerprint density at radius 3 is 2.79 bits per heavy atom. The second-order valence-corrected chi connectivity index (χ2v) is 5.39. The lowest BCUT2D eigenvalue weighted by atomic mass is 10.2. The predicted molar refractivity (Wildman–Crippen MR) is 65.2 cm³/mol. The summed E-state index contributed by atoms with van der Waals surface area (Å²) in [5.74, 6) is -0.786. The zero-order chi connectivity index (χ0) is 14.0. The molecule has 2 N–H and O–H groups in total. The van der Waals surface area contributed by atoms with E-state index in [-0.39, 0.29) is 16.1 Å². The van der Waals surface area contributed by atoms with Crippen LogP contribution < -0.4 is 4.72 Å². The quantitative estimate of drug-likeness (QED) is 0.890. The van der Waals surface area contributed by atoms with Crippen molar-refractivity contribution in [1.82, 2.24) is 10.2 Å². The molecule has 98 valence electrons. The first-order chi connectivity index (χ1) is 8.95. The number of nitrogens with zero attached hydrogens (tertiary/aromatic N) is 2. The van der Waals surface area contributed by atoms with E-state index in [4.69, 9.17) is 5.26 Å². The van der Waals surface area contributed by atoms with Gasteiger partial charge in [-0.15, -0.1) is 0 Å². The van der Waals surface area contributed by atoms with Crippen LogP contribution in [0.15, 0.2) is 29.3 Å². The first-order valence-electron chi connectivity index (χ1n) is 5.17. The van der Waals surface area contributed by atoms with Gasteiger partial charge in [-0.1, -0.05) is 6.07 Å². The first-order valence-corrected chi connectivity index (χ1v) is 6.65. The second kappa shape index (κ2) is 4.70. The van der Waals surface area contributed by atoms with Gasteiger partial charge in [0.1, 0.15) is 22.3 Å². The smallest absolute Gasteiger partial charge is 0.265 e. The van der Waals surface area contributed by atoms with Crippen LogP contribution in [-0.2, 0) is 10.0 Å². The van der Waals surface area contributed by atoms with Gasteiger partial charge in [-0.25, -0.2) is 12.8 Å². The third-order valence-electron chi connectivity index (χ3n) is 2.44. The van der Waals surface area contributed by atoms with E-state index >= 15 is 0 Å². The van der Waals surface area contributed by atoms with Crippen molar-refractivity contribution in [2.45, 2.75) is 11.8 Å². The van der Waals surface area contributed by atoms with E-state index in [1.165, 1.54) is 12.1 Å². The number of aryl methyl sites for hydroxylation is 1. The zero-order valence-corrected chi connectivity index (χ0v) is 10.6. The number of hydrogen-bond donors (Lipinski definition) is 2. The van der Waals surface area contributed by atoms with E-state index in [9.17, 15) is 12.8 Å². The van der Waals surface area contributed by atoms with Crippen molar-refractivity contribution in [3.8, 4) is 6.07 Å². The Balaban J connectivity index is 2.46. The number of H-pyrrole nitrogens is 1. The fraction of sp³-hybridized carbons (Fsp3) is 0.0909. The molecule has 0 aliphatic rings. The summed E-state index contributed by atoms with van der Waals surface area (Å²) < 4.78 is 39.7. The van der Waals surface area contributed by atoms with Crippen LogP contribution in [0.5, 0.6) is 0 Å². The average Bonchev–Trinajstić information content (AvgIpc) is 2.76. The van der Waals surface area contributed by atoms with Crippen molar-refractivity contribution < 1.29 is 12.8 Å². The molecular weight excluding hydrogens is 271 g/mol. The molecule has 0 bridgehead atoms. The molecule has 0 saturated carbocycles. The van der Waals surface area contributed by atoms with Crippen molar-refractivity contribution in [2.24, 2.45) is 0 Å². The van der Waals surface area contributed by atoms with Crippen LogP contribution in [0, 0.1) is 24.1 Å². The monoisotopic (exact) mass is 280 g/mol. The number of aromatic amines is 1. The molecule has 1 aromatic heterocycles. The van der Waals surface area contributed by atoms with E-state index in [2.05, 4.69) is 14.9 Å². The van der Waals surface area contributed by atoms with Crippen molar-refractivity contribution >= 4 is 15.7 Å². The van der Waals surface area contributed by atoms with Crippen molar-refractivity contribution in [3.63, 3.8) is 0 Å². The first kappa shape index (κ1) is 13.0. The second-order valence-electron chi connectivity index (χ2n) is 3.74. The summed E-state index contributed by atoms with van der Waals surface area (Å²) in [6.07, 6.45) is 1.14. The fourth-order valence-electron chi connectivity index (χ4n) is 1.53.